The molecule has 0 atom stereocenters. The predicted molar refractivity (Wildman–Crippen MR) is 170 cm³/mol. The van der Waals surface area contributed by atoms with Crippen LogP contribution in [0.2, 0.25) is 0 Å². The molecule has 0 spiro atoms. The topological polar surface area (TPSA) is 22.6 Å². The molecule has 0 unspecified atom stereocenters. The number of anilines is 6. The van der Waals surface area contributed by atoms with E-state index in [4.69, 9.17) is 0 Å². The van der Waals surface area contributed by atoms with Crippen LogP contribution in [0.5, 0.6) is 0 Å². The van der Waals surface area contributed by atoms with Gasteiger partial charge in [0.25, 0.3) is 0 Å². The first-order valence-electron chi connectivity index (χ1n) is 13.8. The van der Waals surface area contributed by atoms with Crippen LogP contribution in [-0.4, -0.2) is 12.0 Å². The third-order valence-electron chi connectivity index (χ3n) is 7.80. The molecular formula is C37H29IrN4. The van der Waals surface area contributed by atoms with Gasteiger partial charge in [0.05, 0.1) is 11.4 Å². The number of para-hydroxylation sites is 2. The zero-order valence-electron chi connectivity index (χ0n) is 23.7. The number of nitrogens with zero attached hydrogens (tertiary/aromatic N) is 4. The number of aromatic nitrogens is 1. The van der Waals surface area contributed by atoms with Gasteiger partial charge in [-0.15, -0.1) is 59.4 Å². The number of hydrogen-bond acceptors (Lipinski definition) is 4. The van der Waals surface area contributed by atoms with Gasteiger partial charge in [-0.3, -0.25) is 0 Å². The first kappa shape index (κ1) is 27.7. The van der Waals surface area contributed by atoms with Crippen molar-refractivity contribution >= 4 is 44.9 Å². The molecule has 5 aromatic carbocycles. The zero-order chi connectivity index (χ0) is 27.9. The Labute approximate surface area is 261 Å². The number of hydrogen-bond donors (Lipinski definition) is 0. The second-order valence-corrected chi connectivity index (χ2v) is 10.4. The minimum absolute atomic E-state index is 0. The molecule has 5 heteroatoms. The van der Waals surface area contributed by atoms with Crippen LogP contribution in [0.15, 0.2) is 115 Å². The second kappa shape index (κ2) is 11.4. The third kappa shape index (κ3) is 4.65. The summed E-state index contributed by atoms with van der Waals surface area (Å²) in [7, 11) is 2.16. The SMILES string of the molecule is Cc1cccc(C)c1N1[CH-]N2c3[c-]cc4ccccc4c3N(C)c3cccc1c32.[Ir+3].[c-]1ccccc1-c1ccccn1. The van der Waals surface area contributed by atoms with Crippen LogP contribution >= 0.6 is 0 Å². The van der Waals surface area contributed by atoms with E-state index >= 15 is 0 Å². The quantitative estimate of drug-likeness (QED) is 0.166. The van der Waals surface area contributed by atoms with E-state index in [2.05, 4.69) is 126 Å². The smallest absolute Gasteiger partial charge is 0.490 e. The third-order valence-corrected chi connectivity index (χ3v) is 7.80. The Morgan fingerprint density at radius 2 is 1.40 bits per heavy atom. The maximum atomic E-state index is 4.22. The van der Waals surface area contributed by atoms with E-state index in [9.17, 15) is 0 Å². The van der Waals surface area contributed by atoms with Crippen molar-refractivity contribution < 1.29 is 20.1 Å². The van der Waals surface area contributed by atoms with Gasteiger partial charge in [0.2, 0.25) is 0 Å². The summed E-state index contributed by atoms with van der Waals surface area (Å²) in [5.74, 6) is 0. The van der Waals surface area contributed by atoms with Crippen molar-refractivity contribution in [2.75, 3.05) is 21.7 Å². The summed E-state index contributed by atoms with van der Waals surface area (Å²) in [5.41, 5.74) is 11.7. The number of fused-ring (bicyclic) bond motifs is 4. The van der Waals surface area contributed by atoms with Crippen LogP contribution in [0.4, 0.5) is 34.1 Å². The molecule has 0 aliphatic carbocycles. The van der Waals surface area contributed by atoms with Gasteiger partial charge in [-0.05, 0) is 61.6 Å². The molecule has 206 valence electrons. The summed E-state index contributed by atoms with van der Waals surface area (Å²) in [6, 6.07) is 44.1. The van der Waals surface area contributed by atoms with Crippen molar-refractivity contribution in [2.45, 2.75) is 13.8 Å². The molecular weight excluding hydrogens is 693 g/mol. The largest absolute Gasteiger partial charge is 3.00 e. The van der Waals surface area contributed by atoms with Crippen LogP contribution in [0.3, 0.4) is 0 Å². The summed E-state index contributed by atoms with van der Waals surface area (Å²) < 4.78 is 0. The van der Waals surface area contributed by atoms with Gasteiger partial charge in [-0.1, -0.05) is 60.3 Å². The Morgan fingerprint density at radius 3 is 2.17 bits per heavy atom. The minimum Gasteiger partial charge on any atom is -0.490 e. The van der Waals surface area contributed by atoms with Gasteiger partial charge in [0, 0.05) is 17.6 Å². The molecule has 2 aliphatic heterocycles. The summed E-state index contributed by atoms with van der Waals surface area (Å²) >= 11 is 0. The van der Waals surface area contributed by atoms with Crippen molar-refractivity contribution in [1.29, 1.82) is 0 Å². The monoisotopic (exact) mass is 722 g/mol. The standard InChI is InChI=1S/C26H21N3.C11H8N.Ir/c1-17-8-6-9-18(2)24(17)28-16-29-23-15-14-19-10-4-5-11-20(19)25(23)27(3)21-12-7-13-22(28)26(21)29;1-2-6-10(7-3-1)11-8-4-5-9-12-11;/h4-14,16H,1-3H3;1-6,8-9H;/q-2;-1;+3. The molecule has 0 radical (unpaired) electrons. The fraction of sp³-hybridized carbons (Fsp3) is 0.0811. The average molecular weight is 722 g/mol. The van der Waals surface area contributed by atoms with Gasteiger partial charge < -0.3 is 19.7 Å². The maximum Gasteiger partial charge on any atom is 3.00 e. The Morgan fingerprint density at radius 1 is 0.667 bits per heavy atom. The molecule has 0 fully saturated rings. The summed E-state index contributed by atoms with van der Waals surface area (Å²) in [5, 5.41) is 2.46. The molecule has 1 aromatic heterocycles. The fourth-order valence-corrected chi connectivity index (χ4v) is 5.90. The van der Waals surface area contributed by atoms with E-state index in [0.717, 1.165) is 16.9 Å². The van der Waals surface area contributed by atoms with Crippen LogP contribution in [-0.2, 0) is 20.1 Å². The molecule has 0 amide bonds. The first-order chi connectivity index (χ1) is 20.1. The summed E-state index contributed by atoms with van der Waals surface area (Å²) in [6.07, 6.45) is 1.79. The molecule has 0 saturated carbocycles. The summed E-state index contributed by atoms with van der Waals surface area (Å²) in [4.78, 5) is 11.2. The molecule has 0 saturated heterocycles. The van der Waals surface area contributed by atoms with E-state index in [0.29, 0.717) is 0 Å². The number of benzene rings is 5. The van der Waals surface area contributed by atoms with Gasteiger partial charge in [-0.2, -0.15) is 12.1 Å². The van der Waals surface area contributed by atoms with Gasteiger partial charge in [0.1, 0.15) is 0 Å². The fourth-order valence-electron chi connectivity index (χ4n) is 5.90. The van der Waals surface area contributed by atoms with Crippen LogP contribution in [0.25, 0.3) is 22.0 Å². The van der Waals surface area contributed by atoms with E-state index in [1.54, 1.807) is 6.20 Å². The van der Waals surface area contributed by atoms with E-state index in [-0.39, 0.29) is 20.1 Å². The Hall–Kier alpha value is -4.44. The normalized spacial score (nSPS) is 12.7. The maximum absolute atomic E-state index is 4.22. The summed E-state index contributed by atoms with van der Waals surface area (Å²) in [6.45, 7) is 6.59. The van der Waals surface area contributed by atoms with E-state index < -0.39 is 0 Å². The van der Waals surface area contributed by atoms with Crippen molar-refractivity contribution in [3.8, 4) is 11.3 Å². The second-order valence-electron chi connectivity index (χ2n) is 10.4. The Bertz CT molecular complexity index is 1810. The number of pyridine rings is 1. The molecule has 6 aromatic rings. The first-order valence-corrected chi connectivity index (χ1v) is 13.8. The van der Waals surface area contributed by atoms with Crippen molar-refractivity contribution in [2.24, 2.45) is 0 Å². The molecule has 3 heterocycles. The molecule has 2 aliphatic rings. The van der Waals surface area contributed by atoms with Gasteiger partial charge in [0.15, 0.2) is 0 Å². The van der Waals surface area contributed by atoms with Gasteiger partial charge >= 0.3 is 20.1 Å². The van der Waals surface area contributed by atoms with Crippen molar-refractivity contribution in [3.05, 3.63) is 145 Å². The van der Waals surface area contributed by atoms with Crippen molar-refractivity contribution in [1.82, 2.24) is 4.98 Å². The van der Waals surface area contributed by atoms with E-state index in [1.165, 1.54) is 50.3 Å². The Balaban J connectivity index is 0.000000205. The van der Waals surface area contributed by atoms with Crippen LogP contribution in [0, 0.1) is 32.6 Å². The number of rotatable bonds is 2. The Kier molecular flexibility index (Phi) is 7.55. The molecule has 0 bridgehead atoms. The predicted octanol–water partition coefficient (Wildman–Crippen LogP) is 9.29. The molecule has 42 heavy (non-hydrogen) atoms. The molecule has 4 nitrogen and oxygen atoms in total. The van der Waals surface area contributed by atoms with Crippen LogP contribution in [0.1, 0.15) is 11.1 Å². The number of aryl methyl sites for hydroxylation is 2. The van der Waals surface area contributed by atoms with Crippen LogP contribution < -0.4 is 14.7 Å². The van der Waals surface area contributed by atoms with Crippen molar-refractivity contribution in [3.63, 3.8) is 0 Å². The average Bonchev–Trinajstić information content (AvgIpc) is 3.40. The molecule has 8 rings (SSSR count). The molecule has 0 N–H and O–H groups in total. The van der Waals surface area contributed by atoms with Gasteiger partial charge in [-0.25, -0.2) is 0 Å². The zero-order valence-corrected chi connectivity index (χ0v) is 26.1. The van der Waals surface area contributed by atoms with E-state index in [1.807, 2.05) is 42.5 Å². The minimum atomic E-state index is 0.